The highest BCUT2D eigenvalue weighted by atomic mass is 32.2. The molecule has 2 aromatic carbocycles. The molecule has 0 saturated carbocycles. The van der Waals surface area contributed by atoms with Crippen molar-refractivity contribution in [2.45, 2.75) is 23.3 Å². The lowest BCUT2D eigenvalue weighted by Gasteiger charge is -2.12. The molecule has 0 aliphatic rings. The molecule has 0 unspecified atom stereocenters. The van der Waals surface area contributed by atoms with Crippen LogP contribution in [0.5, 0.6) is 5.75 Å². The van der Waals surface area contributed by atoms with E-state index in [1.807, 2.05) is 61.5 Å². The zero-order valence-electron chi connectivity index (χ0n) is 16.0. The molecule has 0 amide bonds. The SMILES string of the molecule is COc1ccccc1Sc1cc2c(=O)n(Cc3ccccc3)c(C)cc2oc1=O. The largest absolute Gasteiger partial charge is 0.496 e. The van der Waals surface area contributed by atoms with E-state index >= 15 is 0 Å². The molecule has 0 N–H and O–H groups in total. The van der Waals surface area contributed by atoms with E-state index in [4.69, 9.17) is 9.15 Å². The third kappa shape index (κ3) is 3.84. The van der Waals surface area contributed by atoms with Crippen molar-refractivity contribution in [3.8, 4) is 5.75 Å². The minimum Gasteiger partial charge on any atom is -0.496 e. The first-order chi connectivity index (χ1) is 14.1. The number of ether oxygens (including phenoxy) is 1. The molecule has 146 valence electrons. The molecule has 0 radical (unpaired) electrons. The maximum atomic E-state index is 13.2. The molecule has 0 bridgehead atoms. The smallest absolute Gasteiger partial charge is 0.350 e. The molecule has 0 spiro atoms. The van der Waals surface area contributed by atoms with Gasteiger partial charge in [-0.2, -0.15) is 0 Å². The summed E-state index contributed by atoms with van der Waals surface area (Å²) in [6.45, 7) is 2.29. The molecule has 4 rings (SSSR count). The summed E-state index contributed by atoms with van der Waals surface area (Å²) in [7, 11) is 1.58. The van der Waals surface area contributed by atoms with Gasteiger partial charge < -0.3 is 13.7 Å². The Balaban J connectivity index is 1.81. The van der Waals surface area contributed by atoms with E-state index in [9.17, 15) is 9.59 Å². The van der Waals surface area contributed by atoms with Gasteiger partial charge in [0.1, 0.15) is 11.3 Å². The van der Waals surface area contributed by atoms with E-state index < -0.39 is 5.63 Å². The molecule has 4 aromatic rings. The summed E-state index contributed by atoms with van der Waals surface area (Å²) >= 11 is 1.22. The minimum absolute atomic E-state index is 0.186. The van der Waals surface area contributed by atoms with Gasteiger partial charge in [0.25, 0.3) is 5.56 Å². The second-order valence-corrected chi connectivity index (χ2v) is 7.68. The number of para-hydroxylation sites is 1. The lowest BCUT2D eigenvalue weighted by Crippen LogP contribution is -2.23. The highest BCUT2D eigenvalue weighted by molar-refractivity contribution is 7.99. The van der Waals surface area contributed by atoms with Crippen molar-refractivity contribution in [2.75, 3.05) is 7.11 Å². The van der Waals surface area contributed by atoms with E-state index in [1.165, 1.54) is 11.8 Å². The van der Waals surface area contributed by atoms with Gasteiger partial charge in [-0.05, 0) is 30.7 Å². The number of hydrogen-bond donors (Lipinski definition) is 0. The molecular formula is C23H19NO4S. The van der Waals surface area contributed by atoms with E-state index in [0.717, 1.165) is 16.2 Å². The minimum atomic E-state index is -0.479. The fourth-order valence-electron chi connectivity index (χ4n) is 3.17. The maximum absolute atomic E-state index is 13.2. The molecule has 2 aromatic heterocycles. The Morgan fingerprint density at radius 3 is 2.45 bits per heavy atom. The number of methoxy groups -OCH3 is 1. The van der Waals surface area contributed by atoms with Gasteiger partial charge in [-0.15, -0.1) is 0 Å². The molecule has 0 aliphatic carbocycles. The summed E-state index contributed by atoms with van der Waals surface area (Å²) in [6, 6.07) is 20.5. The van der Waals surface area contributed by atoms with Gasteiger partial charge in [0, 0.05) is 11.8 Å². The molecular weight excluding hydrogens is 386 g/mol. The highest BCUT2D eigenvalue weighted by Gasteiger charge is 2.15. The first-order valence-electron chi connectivity index (χ1n) is 9.10. The van der Waals surface area contributed by atoms with Crippen molar-refractivity contribution in [1.29, 1.82) is 0 Å². The number of nitrogens with zero attached hydrogens (tertiary/aromatic N) is 1. The molecule has 0 atom stereocenters. The molecule has 2 heterocycles. The lowest BCUT2D eigenvalue weighted by molar-refractivity contribution is 0.405. The number of hydrogen-bond acceptors (Lipinski definition) is 5. The number of aromatic nitrogens is 1. The Kier molecular flexibility index (Phi) is 5.27. The third-order valence-electron chi connectivity index (χ3n) is 4.66. The van der Waals surface area contributed by atoms with Gasteiger partial charge in [-0.1, -0.05) is 54.2 Å². The van der Waals surface area contributed by atoms with Gasteiger partial charge >= 0.3 is 5.63 Å². The zero-order valence-corrected chi connectivity index (χ0v) is 16.9. The summed E-state index contributed by atoms with van der Waals surface area (Å²) in [5, 5.41) is 0.378. The fourth-order valence-corrected chi connectivity index (χ4v) is 4.11. The van der Waals surface area contributed by atoms with Crippen molar-refractivity contribution in [3.05, 3.63) is 98.8 Å². The quantitative estimate of drug-likeness (QED) is 0.490. The maximum Gasteiger partial charge on any atom is 0.350 e. The molecule has 0 fully saturated rings. The van der Waals surface area contributed by atoms with Gasteiger partial charge in [-0.25, -0.2) is 4.79 Å². The zero-order chi connectivity index (χ0) is 20.4. The Hall–Kier alpha value is -3.25. The standard InChI is InChI=1S/C23H19NO4S/c1-15-12-19-17(22(25)24(15)14-16-8-4-3-5-9-16)13-21(23(26)28-19)29-20-11-7-6-10-18(20)27-2/h3-13H,14H2,1-2H3. The highest BCUT2D eigenvalue weighted by Crippen LogP contribution is 2.33. The van der Waals surface area contributed by atoms with Crippen LogP contribution in [0.15, 0.2) is 90.5 Å². The van der Waals surface area contributed by atoms with E-state index in [2.05, 4.69) is 0 Å². The predicted octanol–water partition coefficient (Wildman–Crippen LogP) is 4.47. The molecule has 0 aliphatic heterocycles. The van der Waals surface area contributed by atoms with Crippen LogP contribution < -0.4 is 15.9 Å². The Bertz CT molecular complexity index is 1290. The van der Waals surface area contributed by atoms with Crippen LogP contribution >= 0.6 is 11.8 Å². The number of benzene rings is 2. The molecule has 6 heteroatoms. The number of pyridine rings is 1. The lowest BCUT2D eigenvalue weighted by atomic mass is 10.2. The van der Waals surface area contributed by atoms with Crippen LogP contribution in [-0.4, -0.2) is 11.7 Å². The van der Waals surface area contributed by atoms with Gasteiger partial charge in [0.15, 0.2) is 0 Å². The van der Waals surface area contributed by atoms with Crippen molar-refractivity contribution < 1.29 is 9.15 Å². The topological polar surface area (TPSA) is 61.4 Å². The van der Waals surface area contributed by atoms with Gasteiger partial charge in [-0.3, -0.25) is 4.79 Å². The summed E-state index contributed by atoms with van der Waals surface area (Å²) in [5.41, 5.74) is 1.39. The molecule has 29 heavy (non-hydrogen) atoms. The van der Waals surface area contributed by atoms with Crippen molar-refractivity contribution in [1.82, 2.24) is 4.57 Å². The first kappa shape index (κ1) is 19.1. The van der Waals surface area contributed by atoms with Crippen molar-refractivity contribution in [2.24, 2.45) is 0 Å². The predicted molar refractivity (Wildman–Crippen MR) is 114 cm³/mol. The summed E-state index contributed by atoms with van der Waals surface area (Å²) in [6.07, 6.45) is 0. The number of rotatable bonds is 5. The Labute approximate surface area is 171 Å². The summed E-state index contributed by atoms with van der Waals surface area (Å²) in [4.78, 5) is 26.8. The Morgan fingerprint density at radius 2 is 1.69 bits per heavy atom. The van der Waals surface area contributed by atoms with Crippen LogP contribution in [0.1, 0.15) is 11.3 Å². The monoisotopic (exact) mass is 405 g/mol. The Morgan fingerprint density at radius 1 is 0.966 bits per heavy atom. The number of fused-ring (bicyclic) bond motifs is 1. The van der Waals surface area contributed by atoms with Crippen LogP contribution in [0.3, 0.4) is 0 Å². The van der Waals surface area contributed by atoms with Crippen LogP contribution in [0.2, 0.25) is 0 Å². The average molecular weight is 405 g/mol. The van der Waals surface area contributed by atoms with Gasteiger partial charge in [0.2, 0.25) is 0 Å². The van der Waals surface area contributed by atoms with Crippen LogP contribution in [0.25, 0.3) is 11.0 Å². The van der Waals surface area contributed by atoms with E-state index in [0.29, 0.717) is 28.2 Å². The number of aryl methyl sites for hydroxylation is 1. The van der Waals surface area contributed by atoms with Crippen molar-refractivity contribution >= 4 is 22.7 Å². The second kappa shape index (κ2) is 8.01. The molecule has 5 nitrogen and oxygen atoms in total. The van der Waals surface area contributed by atoms with Crippen LogP contribution in [-0.2, 0) is 6.54 Å². The average Bonchev–Trinajstić information content (AvgIpc) is 2.73. The van der Waals surface area contributed by atoms with E-state index in [-0.39, 0.29) is 5.56 Å². The van der Waals surface area contributed by atoms with E-state index in [1.54, 1.807) is 23.8 Å². The van der Waals surface area contributed by atoms with Crippen molar-refractivity contribution in [3.63, 3.8) is 0 Å². The normalized spacial score (nSPS) is 11.0. The first-order valence-corrected chi connectivity index (χ1v) is 9.91. The van der Waals surface area contributed by atoms with Crippen LogP contribution in [0, 0.1) is 6.92 Å². The second-order valence-electron chi connectivity index (χ2n) is 6.59. The third-order valence-corrected chi connectivity index (χ3v) is 5.72. The summed E-state index contributed by atoms with van der Waals surface area (Å²) < 4.78 is 12.5. The molecule has 0 saturated heterocycles. The van der Waals surface area contributed by atoms with Crippen LogP contribution in [0.4, 0.5) is 0 Å². The van der Waals surface area contributed by atoms with Gasteiger partial charge in [0.05, 0.1) is 28.8 Å². The fraction of sp³-hybridized carbons (Fsp3) is 0.130. The summed E-state index contributed by atoms with van der Waals surface area (Å²) in [5.74, 6) is 0.655.